The average molecular weight is 673 g/mol. The van der Waals surface area contributed by atoms with Gasteiger partial charge in [0.25, 0.3) is 0 Å². The molecule has 1 unspecified atom stereocenters. The first-order chi connectivity index (χ1) is 20.9. The largest absolute Gasteiger partial charge is 0.467 e. The van der Waals surface area contributed by atoms with E-state index in [4.69, 9.17) is 11.6 Å². The van der Waals surface area contributed by atoms with Gasteiger partial charge in [-0.1, -0.05) is 11.6 Å². The lowest BCUT2D eigenvalue weighted by Gasteiger charge is -2.34. The van der Waals surface area contributed by atoms with Crippen LogP contribution in [0.15, 0.2) is 17.5 Å². The number of likely N-dealkylation sites (tertiary alicyclic amines) is 3. The molecule has 0 aliphatic carbocycles. The summed E-state index contributed by atoms with van der Waals surface area (Å²) in [5, 5.41) is 3.68. The van der Waals surface area contributed by atoms with Crippen molar-refractivity contribution in [1.82, 2.24) is 29.6 Å². The van der Waals surface area contributed by atoms with Gasteiger partial charge in [0.05, 0.1) is 18.0 Å². The first kappa shape index (κ1) is 34.2. The molecule has 1 aromatic rings. The minimum Gasteiger partial charge on any atom is -0.467 e. The molecule has 13 nitrogen and oxygen atoms in total. The van der Waals surface area contributed by atoms with E-state index in [0.717, 1.165) is 31.2 Å². The number of halogens is 1. The summed E-state index contributed by atoms with van der Waals surface area (Å²) in [5.41, 5.74) is 0. The highest BCUT2D eigenvalue weighted by atomic mass is 35.5. The zero-order chi connectivity index (χ0) is 32.0. The molecular formula is C28H41ClN6O7S2. The smallest absolute Gasteiger partial charge is 0.328 e. The Kier molecular flexibility index (Phi) is 11.7. The van der Waals surface area contributed by atoms with Crippen molar-refractivity contribution in [3.8, 4) is 0 Å². The van der Waals surface area contributed by atoms with Crippen LogP contribution >= 0.6 is 22.9 Å². The maximum absolute atomic E-state index is 13.4. The number of hydrogen-bond donors (Lipinski definition) is 2. The molecule has 16 heteroatoms. The van der Waals surface area contributed by atoms with Crippen molar-refractivity contribution in [2.24, 2.45) is 0 Å². The Morgan fingerprint density at radius 3 is 2.64 bits per heavy atom. The van der Waals surface area contributed by atoms with E-state index in [1.165, 1.54) is 29.4 Å². The van der Waals surface area contributed by atoms with Gasteiger partial charge >= 0.3 is 12.0 Å². The zero-order valence-corrected chi connectivity index (χ0v) is 27.6. The Balaban J connectivity index is 1.27. The van der Waals surface area contributed by atoms with Crippen LogP contribution < -0.4 is 10.0 Å². The average Bonchev–Trinajstić information content (AvgIpc) is 3.75. The van der Waals surface area contributed by atoms with Crippen LogP contribution in [0.3, 0.4) is 0 Å². The second-order valence-corrected chi connectivity index (χ2v) is 14.8. The number of nitrogens with one attached hydrogen (secondary N) is 2. The number of thiophene rings is 1. The van der Waals surface area contributed by atoms with Crippen molar-refractivity contribution in [2.45, 2.75) is 63.2 Å². The third-order valence-electron chi connectivity index (χ3n) is 8.35. The van der Waals surface area contributed by atoms with Gasteiger partial charge in [-0.25, -0.2) is 18.0 Å². The number of nitrogens with zero attached hydrogens (tertiary/aromatic N) is 4. The number of urea groups is 1. The van der Waals surface area contributed by atoms with Crippen LogP contribution in [-0.2, 0) is 29.1 Å². The van der Waals surface area contributed by atoms with E-state index >= 15 is 0 Å². The van der Waals surface area contributed by atoms with Crippen LogP contribution in [-0.4, -0.2) is 129 Å². The molecule has 4 amide bonds. The lowest BCUT2D eigenvalue weighted by molar-refractivity contribution is -0.143. The van der Waals surface area contributed by atoms with Gasteiger partial charge in [0.2, 0.25) is 21.8 Å². The third kappa shape index (κ3) is 8.93. The molecule has 0 spiro atoms. The van der Waals surface area contributed by atoms with E-state index in [2.05, 4.69) is 19.7 Å². The molecule has 4 atom stereocenters. The summed E-state index contributed by atoms with van der Waals surface area (Å²) in [6.07, 6.45) is 4.85. The van der Waals surface area contributed by atoms with Gasteiger partial charge in [-0.2, -0.15) is 4.72 Å². The maximum atomic E-state index is 13.4. The molecule has 4 rings (SSSR count). The quantitative estimate of drug-likeness (QED) is 0.337. The van der Waals surface area contributed by atoms with Gasteiger partial charge in [0.1, 0.15) is 12.1 Å². The van der Waals surface area contributed by atoms with Gasteiger partial charge in [-0.05, 0) is 57.2 Å². The molecule has 3 saturated heterocycles. The summed E-state index contributed by atoms with van der Waals surface area (Å²) in [4.78, 5) is 58.7. The highest BCUT2D eigenvalue weighted by Gasteiger charge is 2.37. The molecule has 0 bridgehead atoms. The Morgan fingerprint density at radius 2 is 1.93 bits per heavy atom. The van der Waals surface area contributed by atoms with Gasteiger partial charge in [-0.15, -0.1) is 11.3 Å². The van der Waals surface area contributed by atoms with E-state index in [1.807, 2.05) is 4.90 Å². The monoisotopic (exact) mass is 672 g/mol. The lowest BCUT2D eigenvalue weighted by atomic mass is 10.1. The summed E-state index contributed by atoms with van der Waals surface area (Å²) in [6, 6.07) is 1.32. The first-order valence-corrected chi connectivity index (χ1v) is 17.5. The first-order valence-electron chi connectivity index (χ1n) is 14.7. The molecule has 1 aromatic heterocycles. The predicted octanol–water partition coefficient (Wildman–Crippen LogP) is 1.55. The van der Waals surface area contributed by atoms with Crippen molar-refractivity contribution < 1.29 is 32.3 Å². The standard InChI is InChI=1S/C28H41ClN6O7S2/c1-19(27(38)42-3)30-28(39)32(2)20-10-14-33(16-20)17-21-6-4-13-35(21)25(36)18-34-12-5-7-23(26(34)37)31-44(40,41)15-11-22-8-9-24(29)43-22/h8-9,11,15,19-21,23,31H,4-7,10,12-14,16-18H2,1-3H3,(H,30,39)/t19-,20?,21-,23-/m0/s1. The number of methoxy groups -OCH3 is 1. The van der Waals surface area contributed by atoms with E-state index in [0.29, 0.717) is 48.2 Å². The number of likely N-dealkylation sites (N-methyl/N-ethyl adjacent to an activating group) is 1. The molecule has 44 heavy (non-hydrogen) atoms. The Hall–Kier alpha value is -2.72. The normalized spacial score (nSPS) is 23.7. The summed E-state index contributed by atoms with van der Waals surface area (Å²) in [6.45, 7) is 4.55. The minimum absolute atomic E-state index is 0.00943. The number of hydrogen-bond acceptors (Lipinski definition) is 9. The van der Waals surface area contributed by atoms with E-state index in [9.17, 15) is 27.6 Å². The van der Waals surface area contributed by atoms with Crippen LogP contribution in [0.5, 0.6) is 0 Å². The molecule has 2 N–H and O–H groups in total. The number of rotatable bonds is 11. The van der Waals surface area contributed by atoms with Crippen molar-refractivity contribution in [3.05, 3.63) is 26.8 Å². The Labute approximate surface area is 267 Å². The highest BCUT2D eigenvalue weighted by Crippen LogP contribution is 2.24. The van der Waals surface area contributed by atoms with E-state index < -0.39 is 34.0 Å². The number of amides is 4. The van der Waals surface area contributed by atoms with Crippen LogP contribution in [0.4, 0.5) is 4.79 Å². The number of ether oxygens (including phenoxy) is 1. The summed E-state index contributed by atoms with van der Waals surface area (Å²) >= 11 is 7.15. The predicted molar refractivity (Wildman–Crippen MR) is 167 cm³/mol. The molecule has 4 heterocycles. The Bertz CT molecular complexity index is 1360. The summed E-state index contributed by atoms with van der Waals surface area (Å²) in [5.74, 6) is -1.06. The highest BCUT2D eigenvalue weighted by molar-refractivity contribution is 7.92. The van der Waals surface area contributed by atoms with E-state index in [1.54, 1.807) is 31.0 Å². The molecular weight excluding hydrogens is 632 g/mol. The van der Waals surface area contributed by atoms with Crippen LogP contribution in [0.25, 0.3) is 6.08 Å². The molecule has 3 aliphatic heterocycles. The van der Waals surface area contributed by atoms with Gasteiger partial charge in [-0.3, -0.25) is 14.5 Å². The lowest BCUT2D eigenvalue weighted by Crippen LogP contribution is -2.55. The van der Waals surface area contributed by atoms with E-state index in [-0.39, 0.29) is 30.6 Å². The van der Waals surface area contributed by atoms with Crippen LogP contribution in [0.1, 0.15) is 43.9 Å². The zero-order valence-electron chi connectivity index (χ0n) is 25.2. The SMILES string of the molecule is COC(=O)[C@H](C)NC(=O)N(C)C1CCN(C[C@@H]2CCCN2C(=O)CN2CCC[C@H](NS(=O)(=O)C=Cc3ccc(Cl)s3)C2=O)C1. The number of carbonyl (C=O) groups excluding carboxylic acids is 4. The number of esters is 1. The van der Waals surface area contributed by atoms with Crippen molar-refractivity contribution >= 4 is 62.9 Å². The minimum atomic E-state index is -3.88. The molecule has 3 fully saturated rings. The topological polar surface area (TPSA) is 149 Å². The molecule has 0 aromatic carbocycles. The van der Waals surface area contributed by atoms with Crippen molar-refractivity contribution in [3.63, 3.8) is 0 Å². The molecule has 0 radical (unpaired) electrons. The second-order valence-electron chi connectivity index (χ2n) is 11.5. The fourth-order valence-electron chi connectivity index (χ4n) is 5.91. The number of piperidine rings is 1. The van der Waals surface area contributed by atoms with Crippen molar-refractivity contribution in [1.29, 1.82) is 0 Å². The van der Waals surface area contributed by atoms with Gasteiger partial charge < -0.3 is 24.8 Å². The van der Waals surface area contributed by atoms with Crippen molar-refractivity contribution in [2.75, 3.05) is 53.4 Å². The third-order valence-corrected chi connectivity index (χ3v) is 10.6. The summed E-state index contributed by atoms with van der Waals surface area (Å²) in [7, 11) is -0.904. The van der Waals surface area contributed by atoms with Crippen LogP contribution in [0, 0.1) is 0 Å². The Morgan fingerprint density at radius 1 is 1.18 bits per heavy atom. The fourth-order valence-corrected chi connectivity index (χ4v) is 7.98. The number of sulfonamides is 1. The van der Waals surface area contributed by atoms with Gasteiger partial charge in [0.15, 0.2) is 0 Å². The van der Waals surface area contributed by atoms with Crippen LogP contribution in [0.2, 0.25) is 4.34 Å². The molecule has 3 aliphatic rings. The number of carbonyl (C=O) groups is 4. The van der Waals surface area contributed by atoms with Gasteiger partial charge in [0, 0.05) is 62.1 Å². The maximum Gasteiger partial charge on any atom is 0.328 e. The fraction of sp³-hybridized carbons (Fsp3) is 0.643. The molecule has 0 saturated carbocycles. The second kappa shape index (κ2) is 15.0. The molecule has 244 valence electrons. The summed E-state index contributed by atoms with van der Waals surface area (Å²) < 4.78 is 33.0.